The molecule has 1 saturated heterocycles. The topological polar surface area (TPSA) is 84.2 Å². The molecule has 1 aliphatic rings. The Bertz CT molecular complexity index is 421. The molecule has 2 rings (SSSR count). The molecule has 2 heterocycles. The highest BCUT2D eigenvalue weighted by molar-refractivity contribution is 5.61. The Morgan fingerprint density at radius 1 is 1.50 bits per heavy atom. The number of ether oxygens (including phenoxy) is 1. The molecule has 0 spiro atoms. The lowest BCUT2D eigenvalue weighted by atomic mass is 10.2. The normalized spacial score (nSPS) is 25.8. The summed E-state index contributed by atoms with van der Waals surface area (Å²) in [5, 5.41) is 0. The molecule has 0 saturated carbocycles. The van der Waals surface area contributed by atoms with Gasteiger partial charge in [0, 0.05) is 13.1 Å². The van der Waals surface area contributed by atoms with Crippen LogP contribution in [-0.4, -0.2) is 35.3 Å². The molecule has 1 aromatic rings. The molecule has 1 fully saturated rings. The lowest BCUT2D eigenvalue weighted by Crippen LogP contribution is -2.46. The molecule has 16 heavy (non-hydrogen) atoms. The second-order valence-electron chi connectivity index (χ2n) is 4.13. The fourth-order valence-electron chi connectivity index (χ4n) is 2.00. The van der Waals surface area contributed by atoms with Crippen LogP contribution in [0.5, 0.6) is 0 Å². The summed E-state index contributed by atoms with van der Waals surface area (Å²) in [6.07, 6.45) is 1.60. The Morgan fingerprint density at radius 2 is 2.12 bits per heavy atom. The molecule has 6 heteroatoms. The van der Waals surface area contributed by atoms with E-state index < -0.39 is 0 Å². The van der Waals surface area contributed by atoms with Gasteiger partial charge in [-0.15, -0.1) is 0 Å². The van der Waals surface area contributed by atoms with Gasteiger partial charge >= 0.3 is 0 Å². The van der Waals surface area contributed by atoms with Crippen molar-refractivity contribution in [2.24, 2.45) is 0 Å². The van der Waals surface area contributed by atoms with Gasteiger partial charge in [0.05, 0.1) is 18.5 Å². The van der Waals surface area contributed by atoms with Gasteiger partial charge in [-0.1, -0.05) is 0 Å². The predicted molar refractivity (Wildman–Crippen MR) is 61.5 cm³/mol. The molecule has 0 aromatic carbocycles. The Morgan fingerprint density at radius 3 is 2.75 bits per heavy atom. The summed E-state index contributed by atoms with van der Waals surface area (Å²) in [6, 6.07) is 0. The van der Waals surface area contributed by atoms with E-state index >= 15 is 0 Å². The Labute approximate surface area is 93.4 Å². The zero-order valence-electron chi connectivity index (χ0n) is 9.43. The summed E-state index contributed by atoms with van der Waals surface area (Å²) in [6.45, 7) is 5.38. The maximum Gasteiger partial charge on any atom is 0.276 e. The summed E-state index contributed by atoms with van der Waals surface area (Å²) in [5.74, 6) is 0.547. The van der Waals surface area contributed by atoms with Crippen molar-refractivity contribution in [2.45, 2.75) is 26.1 Å². The zero-order chi connectivity index (χ0) is 11.7. The van der Waals surface area contributed by atoms with Crippen LogP contribution in [0.15, 0.2) is 11.1 Å². The number of H-pyrrole nitrogens is 1. The van der Waals surface area contributed by atoms with E-state index in [1.54, 1.807) is 0 Å². The molecular formula is C10H16N4O2. The van der Waals surface area contributed by atoms with E-state index in [1.807, 2.05) is 18.7 Å². The van der Waals surface area contributed by atoms with Gasteiger partial charge in [-0.2, -0.15) is 0 Å². The van der Waals surface area contributed by atoms with Crippen LogP contribution < -0.4 is 16.2 Å². The van der Waals surface area contributed by atoms with Crippen LogP contribution in [0, 0.1) is 0 Å². The minimum Gasteiger partial charge on any atom is -0.391 e. The van der Waals surface area contributed by atoms with Gasteiger partial charge in [0.1, 0.15) is 5.69 Å². The van der Waals surface area contributed by atoms with Crippen LogP contribution in [-0.2, 0) is 4.74 Å². The second kappa shape index (κ2) is 4.13. The number of rotatable bonds is 1. The number of hydrogen-bond acceptors (Lipinski definition) is 5. The van der Waals surface area contributed by atoms with E-state index in [9.17, 15) is 4.79 Å². The van der Waals surface area contributed by atoms with Gasteiger partial charge in [0.2, 0.25) is 0 Å². The first-order chi connectivity index (χ1) is 7.58. The second-order valence-corrected chi connectivity index (χ2v) is 4.13. The van der Waals surface area contributed by atoms with Crippen LogP contribution >= 0.6 is 0 Å². The van der Waals surface area contributed by atoms with Gasteiger partial charge in [0.15, 0.2) is 5.82 Å². The van der Waals surface area contributed by atoms with E-state index in [1.165, 1.54) is 6.33 Å². The number of aromatic amines is 1. The molecule has 0 unspecified atom stereocenters. The van der Waals surface area contributed by atoms with Crippen molar-refractivity contribution in [3.05, 3.63) is 16.7 Å². The van der Waals surface area contributed by atoms with Crippen molar-refractivity contribution in [3.63, 3.8) is 0 Å². The largest absolute Gasteiger partial charge is 0.391 e. The van der Waals surface area contributed by atoms with Gasteiger partial charge < -0.3 is 20.4 Å². The van der Waals surface area contributed by atoms with Crippen LogP contribution in [0.1, 0.15) is 13.8 Å². The fourth-order valence-corrected chi connectivity index (χ4v) is 2.00. The van der Waals surface area contributed by atoms with Crippen molar-refractivity contribution < 1.29 is 4.74 Å². The number of nitrogens with two attached hydrogens (primary N) is 1. The van der Waals surface area contributed by atoms with Crippen molar-refractivity contribution in [2.75, 3.05) is 23.7 Å². The number of morpholine rings is 1. The maximum atomic E-state index is 11.4. The number of nitrogens with one attached hydrogen (secondary N) is 1. The molecule has 1 aromatic heterocycles. The first-order valence-electron chi connectivity index (χ1n) is 5.31. The highest BCUT2D eigenvalue weighted by Crippen LogP contribution is 2.20. The first-order valence-corrected chi connectivity index (χ1v) is 5.31. The molecule has 0 radical (unpaired) electrons. The van der Waals surface area contributed by atoms with Crippen molar-refractivity contribution in [3.8, 4) is 0 Å². The van der Waals surface area contributed by atoms with E-state index in [2.05, 4.69) is 9.97 Å². The van der Waals surface area contributed by atoms with Gasteiger partial charge in [-0.25, -0.2) is 4.98 Å². The average molecular weight is 224 g/mol. The standard InChI is InChI=1S/C10H16N4O2/c1-6-3-14(4-7(2)16-6)9-8(11)10(15)13-5-12-9/h5-7H,3-4,11H2,1-2H3,(H,12,13,15)/t6-,7+. The highest BCUT2D eigenvalue weighted by atomic mass is 16.5. The van der Waals surface area contributed by atoms with Crippen LogP contribution in [0.4, 0.5) is 11.5 Å². The minimum absolute atomic E-state index is 0.115. The first kappa shape index (κ1) is 10.9. The lowest BCUT2D eigenvalue weighted by Gasteiger charge is -2.36. The number of aromatic nitrogens is 2. The molecule has 0 bridgehead atoms. The quantitative estimate of drug-likeness (QED) is 0.699. The number of nitrogen functional groups attached to an aromatic ring is 1. The Hall–Kier alpha value is -1.56. The van der Waals surface area contributed by atoms with E-state index in [4.69, 9.17) is 10.5 Å². The molecule has 0 amide bonds. The van der Waals surface area contributed by atoms with Crippen LogP contribution in [0.2, 0.25) is 0 Å². The molecule has 6 nitrogen and oxygen atoms in total. The number of hydrogen-bond donors (Lipinski definition) is 2. The van der Waals surface area contributed by atoms with E-state index in [0.29, 0.717) is 18.9 Å². The maximum absolute atomic E-state index is 11.4. The zero-order valence-corrected chi connectivity index (χ0v) is 9.43. The monoisotopic (exact) mass is 224 g/mol. The summed E-state index contributed by atoms with van der Waals surface area (Å²) in [7, 11) is 0. The van der Waals surface area contributed by atoms with E-state index in [0.717, 1.165) is 0 Å². The summed E-state index contributed by atoms with van der Waals surface area (Å²) in [4.78, 5) is 19.9. The molecule has 88 valence electrons. The highest BCUT2D eigenvalue weighted by Gasteiger charge is 2.24. The average Bonchev–Trinajstić information content (AvgIpc) is 2.20. The fraction of sp³-hybridized carbons (Fsp3) is 0.600. The van der Waals surface area contributed by atoms with Crippen LogP contribution in [0.25, 0.3) is 0 Å². The minimum atomic E-state index is -0.295. The summed E-state index contributed by atoms with van der Waals surface area (Å²) < 4.78 is 5.61. The number of nitrogens with zero attached hydrogens (tertiary/aromatic N) is 2. The van der Waals surface area contributed by atoms with Gasteiger partial charge in [0.25, 0.3) is 5.56 Å². The third-order valence-corrected chi connectivity index (χ3v) is 2.59. The lowest BCUT2D eigenvalue weighted by molar-refractivity contribution is -0.00542. The summed E-state index contributed by atoms with van der Waals surface area (Å²) >= 11 is 0. The molecule has 3 N–H and O–H groups in total. The van der Waals surface area contributed by atoms with Crippen molar-refractivity contribution >= 4 is 11.5 Å². The smallest absolute Gasteiger partial charge is 0.276 e. The SMILES string of the molecule is C[C@@H]1CN(c2nc[nH]c(=O)c2N)C[C@H](C)O1. The molecular weight excluding hydrogens is 208 g/mol. The van der Waals surface area contributed by atoms with E-state index in [-0.39, 0.29) is 23.5 Å². The van der Waals surface area contributed by atoms with Crippen molar-refractivity contribution in [1.29, 1.82) is 0 Å². The molecule has 2 atom stereocenters. The Balaban J connectivity index is 2.30. The van der Waals surface area contributed by atoms with Crippen LogP contribution in [0.3, 0.4) is 0 Å². The molecule has 1 aliphatic heterocycles. The van der Waals surface area contributed by atoms with Gasteiger partial charge in [-0.05, 0) is 13.8 Å². The van der Waals surface area contributed by atoms with Gasteiger partial charge in [-0.3, -0.25) is 4.79 Å². The predicted octanol–water partition coefficient (Wildman–Crippen LogP) is -0.0343. The molecule has 0 aliphatic carbocycles. The number of anilines is 2. The summed E-state index contributed by atoms with van der Waals surface area (Å²) in [5.41, 5.74) is 5.59. The van der Waals surface area contributed by atoms with Crippen molar-refractivity contribution in [1.82, 2.24) is 9.97 Å². The Kier molecular flexibility index (Phi) is 2.82. The third kappa shape index (κ3) is 2.01. The third-order valence-electron chi connectivity index (χ3n) is 2.59.